The predicted octanol–water partition coefficient (Wildman–Crippen LogP) is 5.01. The molecule has 0 fully saturated rings. The number of carbonyl (C=O) groups excluding carboxylic acids is 1. The van der Waals surface area contributed by atoms with E-state index in [4.69, 9.17) is 11.6 Å². The van der Waals surface area contributed by atoms with Crippen molar-refractivity contribution in [1.82, 2.24) is 0 Å². The van der Waals surface area contributed by atoms with Crippen LogP contribution in [0.5, 0.6) is 0 Å². The van der Waals surface area contributed by atoms with Gasteiger partial charge in [-0.05, 0) is 29.5 Å². The molecule has 0 N–H and O–H groups in total. The molecule has 0 aliphatic carbocycles. The summed E-state index contributed by atoms with van der Waals surface area (Å²) in [4.78, 5) is 12.0. The van der Waals surface area contributed by atoms with E-state index in [1.807, 2.05) is 18.2 Å². The van der Waals surface area contributed by atoms with Gasteiger partial charge in [0.25, 0.3) is 0 Å². The summed E-state index contributed by atoms with van der Waals surface area (Å²) >= 11 is 6.10. The number of halogens is 1. The van der Waals surface area contributed by atoms with Gasteiger partial charge in [-0.25, -0.2) is 0 Å². The summed E-state index contributed by atoms with van der Waals surface area (Å²) in [6, 6.07) is 5.78. The molecule has 17 heavy (non-hydrogen) atoms. The summed E-state index contributed by atoms with van der Waals surface area (Å²) in [5, 5.41) is 0.569. The van der Waals surface area contributed by atoms with Crippen LogP contribution in [0.25, 0.3) is 0 Å². The van der Waals surface area contributed by atoms with Gasteiger partial charge >= 0.3 is 0 Å². The summed E-state index contributed by atoms with van der Waals surface area (Å²) in [6.07, 6.45) is 2.54. The van der Waals surface area contributed by atoms with Gasteiger partial charge in [-0.1, -0.05) is 51.8 Å². The summed E-state index contributed by atoms with van der Waals surface area (Å²) < 4.78 is 0. The molecule has 0 unspecified atom stereocenters. The van der Waals surface area contributed by atoms with Crippen LogP contribution in [0.2, 0.25) is 5.02 Å². The van der Waals surface area contributed by atoms with Gasteiger partial charge < -0.3 is 0 Å². The number of carbonyl (C=O) groups is 1. The van der Waals surface area contributed by atoms with Crippen molar-refractivity contribution in [3.8, 4) is 0 Å². The Morgan fingerprint density at radius 3 is 2.47 bits per heavy atom. The van der Waals surface area contributed by atoms with Crippen molar-refractivity contribution in [3.63, 3.8) is 0 Å². The van der Waals surface area contributed by atoms with Crippen molar-refractivity contribution in [2.45, 2.75) is 52.4 Å². The second kappa shape index (κ2) is 5.68. The topological polar surface area (TPSA) is 17.1 Å². The number of benzene rings is 1. The van der Waals surface area contributed by atoms with E-state index in [2.05, 4.69) is 27.7 Å². The SMILES string of the molecule is CCCCC(=O)c1cc(C(C)(C)C)ccc1Cl. The second-order valence-electron chi connectivity index (χ2n) is 5.47. The molecular formula is C15H21ClO. The average Bonchev–Trinajstić information content (AvgIpc) is 2.24. The molecule has 0 aliphatic rings. The van der Waals surface area contributed by atoms with Crippen LogP contribution in [-0.2, 0) is 5.41 Å². The largest absolute Gasteiger partial charge is 0.294 e. The average molecular weight is 253 g/mol. The van der Waals surface area contributed by atoms with E-state index in [0.29, 0.717) is 17.0 Å². The van der Waals surface area contributed by atoms with E-state index in [0.717, 1.165) is 18.4 Å². The van der Waals surface area contributed by atoms with Gasteiger partial charge in [0, 0.05) is 12.0 Å². The lowest BCUT2D eigenvalue weighted by Gasteiger charge is -2.20. The van der Waals surface area contributed by atoms with Crippen LogP contribution in [0.1, 0.15) is 62.9 Å². The number of ketones is 1. The van der Waals surface area contributed by atoms with Crippen LogP contribution in [-0.4, -0.2) is 5.78 Å². The van der Waals surface area contributed by atoms with Crippen molar-refractivity contribution >= 4 is 17.4 Å². The Labute approximate surface area is 109 Å². The normalized spacial score (nSPS) is 11.6. The molecule has 1 nitrogen and oxygen atoms in total. The highest BCUT2D eigenvalue weighted by atomic mass is 35.5. The van der Waals surface area contributed by atoms with Crippen molar-refractivity contribution < 1.29 is 4.79 Å². The molecule has 0 amide bonds. The summed E-state index contributed by atoms with van der Waals surface area (Å²) in [5.41, 5.74) is 1.87. The van der Waals surface area contributed by atoms with Gasteiger partial charge in [-0.15, -0.1) is 0 Å². The molecule has 94 valence electrons. The van der Waals surface area contributed by atoms with Crippen LogP contribution >= 0.6 is 11.6 Å². The molecule has 0 saturated heterocycles. The van der Waals surface area contributed by atoms with E-state index in [-0.39, 0.29) is 11.2 Å². The maximum absolute atomic E-state index is 12.0. The zero-order chi connectivity index (χ0) is 13.1. The number of rotatable bonds is 4. The Hall–Kier alpha value is -0.820. The quantitative estimate of drug-likeness (QED) is 0.689. The third-order valence-corrected chi connectivity index (χ3v) is 3.22. The minimum Gasteiger partial charge on any atom is -0.294 e. The Balaban J connectivity index is 3.02. The van der Waals surface area contributed by atoms with E-state index in [9.17, 15) is 4.79 Å². The lowest BCUT2D eigenvalue weighted by atomic mass is 9.85. The first-order valence-electron chi connectivity index (χ1n) is 6.19. The predicted molar refractivity (Wildman–Crippen MR) is 74.0 cm³/mol. The highest BCUT2D eigenvalue weighted by molar-refractivity contribution is 6.34. The smallest absolute Gasteiger partial charge is 0.164 e. The number of Topliss-reactive ketones (excluding diaryl/α,β-unsaturated/α-hetero) is 1. The van der Waals surface area contributed by atoms with E-state index in [1.165, 1.54) is 0 Å². The molecule has 0 radical (unpaired) electrons. The Kier molecular flexibility index (Phi) is 4.76. The number of unbranched alkanes of at least 4 members (excludes halogenated alkanes) is 1. The maximum Gasteiger partial charge on any atom is 0.164 e. The van der Waals surface area contributed by atoms with Crippen LogP contribution in [0, 0.1) is 0 Å². The van der Waals surface area contributed by atoms with Crippen LogP contribution < -0.4 is 0 Å². The minimum atomic E-state index is 0.0460. The highest BCUT2D eigenvalue weighted by Gasteiger charge is 2.17. The Morgan fingerprint density at radius 2 is 1.94 bits per heavy atom. The van der Waals surface area contributed by atoms with Crippen molar-refractivity contribution in [3.05, 3.63) is 34.3 Å². The number of hydrogen-bond acceptors (Lipinski definition) is 1. The van der Waals surface area contributed by atoms with E-state index >= 15 is 0 Å². The lowest BCUT2D eigenvalue weighted by Crippen LogP contribution is -2.12. The summed E-state index contributed by atoms with van der Waals surface area (Å²) in [7, 11) is 0. The monoisotopic (exact) mass is 252 g/mol. The summed E-state index contributed by atoms with van der Waals surface area (Å²) in [6.45, 7) is 8.49. The minimum absolute atomic E-state index is 0.0460. The molecular weight excluding hydrogens is 232 g/mol. The molecule has 1 aromatic carbocycles. The van der Waals surface area contributed by atoms with Crippen LogP contribution in [0.3, 0.4) is 0 Å². The van der Waals surface area contributed by atoms with Crippen molar-refractivity contribution in [2.24, 2.45) is 0 Å². The van der Waals surface area contributed by atoms with Crippen molar-refractivity contribution in [2.75, 3.05) is 0 Å². The number of hydrogen-bond donors (Lipinski definition) is 0. The van der Waals surface area contributed by atoms with E-state index < -0.39 is 0 Å². The zero-order valence-corrected chi connectivity index (χ0v) is 11.9. The van der Waals surface area contributed by atoms with Gasteiger partial charge in [0.15, 0.2) is 5.78 Å². The van der Waals surface area contributed by atoms with E-state index in [1.54, 1.807) is 0 Å². The molecule has 0 aliphatic heterocycles. The van der Waals surface area contributed by atoms with Gasteiger partial charge in [0.1, 0.15) is 0 Å². The molecule has 1 rings (SSSR count). The molecule has 0 heterocycles. The molecule has 0 bridgehead atoms. The fraction of sp³-hybridized carbons (Fsp3) is 0.533. The molecule has 0 spiro atoms. The zero-order valence-electron chi connectivity index (χ0n) is 11.1. The molecule has 2 heteroatoms. The highest BCUT2D eigenvalue weighted by Crippen LogP contribution is 2.27. The first-order chi connectivity index (χ1) is 7.86. The molecule has 0 saturated carbocycles. The fourth-order valence-electron chi connectivity index (χ4n) is 1.68. The second-order valence-corrected chi connectivity index (χ2v) is 5.88. The first kappa shape index (κ1) is 14.2. The van der Waals surface area contributed by atoms with Gasteiger partial charge in [0.05, 0.1) is 5.02 Å². The molecule has 1 aromatic rings. The fourth-order valence-corrected chi connectivity index (χ4v) is 1.90. The third kappa shape index (κ3) is 3.85. The Morgan fingerprint density at radius 1 is 1.29 bits per heavy atom. The first-order valence-corrected chi connectivity index (χ1v) is 6.57. The summed E-state index contributed by atoms with van der Waals surface area (Å²) in [5.74, 6) is 0.156. The van der Waals surface area contributed by atoms with Gasteiger partial charge in [-0.3, -0.25) is 4.79 Å². The van der Waals surface area contributed by atoms with Crippen LogP contribution in [0.4, 0.5) is 0 Å². The van der Waals surface area contributed by atoms with Gasteiger partial charge in [-0.2, -0.15) is 0 Å². The third-order valence-electron chi connectivity index (χ3n) is 2.89. The maximum atomic E-state index is 12.0. The van der Waals surface area contributed by atoms with Gasteiger partial charge in [0.2, 0.25) is 0 Å². The molecule has 0 atom stereocenters. The van der Waals surface area contributed by atoms with Crippen molar-refractivity contribution in [1.29, 1.82) is 0 Å². The Bertz CT molecular complexity index is 402. The molecule has 0 aromatic heterocycles. The lowest BCUT2D eigenvalue weighted by molar-refractivity contribution is 0.0980. The van der Waals surface area contributed by atoms with Crippen LogP contribution in [0.15, 0.2) is 18.2 Å². The standard InChI is InChI=1S/C15H21ClO/c1-5-6-7-14(17)12-10-11(15(2,3)4)8-9-13(12)16/h8-10H,5-7H2,1-4H3.